The summed E-state index contributed by atoms with van der Waals surface area (Å²) < 4.78 is 71.0. The van der Waals surface area contributed by atoms with E-state index in [1.165, 1.54) is 110 Å². The fourth-order valence-electron chi connectivity index (χ4n) is 15.3. The van der Waals surface area contributed by atoms with Crippen molar-refractivity contribution in [3.8, 4) is 72.5 Å². The zero-order chi connectivity index (χ0) is 62.7. The zero-order valence-electron chi connectivity index (χ0n) is 50.1. The van der Waals surface area contributed by atoms with Crippen LogP contribution in [0.3, 0.4) is 0 Å². The Morgan fingerprint density at radius 3 is 0.925 bits per heavy atom. The molecule has 0 radical (unpaired) electrons. The average Bonchev–Trinajstić information content (AvgIpc) is 1.65. The van der Waals surface area contributed by atoms with Gasteiger partial charge in [0.25, 0.3) is 0 Å². The second-order valence-corrected chi connectivity index (χ2v) is 25.4. The summed E-state index contributed by atoms with van der Waals surface area (Å²) in [5.74, 6) is -0.416. The molecule has 0 aromatic heterocycles. The van der Waals surface area contributed by atoms with E-state index in [2.05, 4.69) is 189 Å². The van der Waals surface area contributed by atoms with Crippen molar-refractivity contribution in [3.05, 3.63) is 309 Å². The van der Waals surface area contributed by atoms with E-state index in [1.807, 2.05) is 97.1 Å². The van der Waals surface area contributed by atoms with Gasteiger partial charge < -0.3 is 4.18 Å². The van der Waals surface area contributed by atoms with Crippen molar-refractivity contribution < 1.29 is 25.8 Å². The molecule has 18 rings (SSSR count). The molecule has 0 heterocycles. The van der Waals surface area contributed by atoms with Gasteiger partial charge >= 0.3 is 15.6 Å². The number of aryl methyl sites for hydroxylation is 1. The van der Waals surface area contributed by atoms with Gasteiger partial charge in [0.1, 0.15) is 0 Å². The first-order valence-corrected chi connectivity index (χ1v) is 32.5. The molecule has 18 aromatic carbocycles. The molecule has 0 amide bonds. The van der Waals surface area contributed by atoms with Crippen LogP contribution in [0, 0.1) is 6.92 Å². The van der Waals surface area contributed by atoms with Crippen LogP contribution in [-0.2, 0) is 10.1 Å². The van der Waals surface area contributed by atoms with Crippen LogP contribution in [0.1, 0.15) is 5.56 Å². The van der Waals surface area contributed by atoms with Gasteiger partial charge in [-0.1, -0.05) is 297 Å². The quantitative estimate of drug-likeness (QED) is 0.0865. The van der Waals surface area contributed by atoms with Gasteiger partial charge in [-0.15, -0.1) is 0 Å². The van der Waals surface area contributed by atoms with Crippen molar-refractivity contribution in [3.63, 3.8) is 0 Å². The molecule has 0 bridgehead atoms. The minimum absolute atomic E-state index is 0.218. The Kier molecular flexibility index (Phi) is 13.0. The van der Waals surface area contributed by atoms with Gasteiger partial charge in [0.2, 0.25) is 0 Å². The van der Waals surface area contributed by atoms with Crippen LogP contribution in [0.2, 0.25) is 0 Å². The maximum Gasteiger partial charge on any atom is 0.534 e. The lowest BCUT2D eigenvalue weighted by Gasteiger charge is -2.26. The Labute approximate surface area is 534 Å². The average molecular weight is 1220 g/mol. The fraction of sp³-hybridized carbons (Fsp3) is 0.0233. The van der Waals surface area contributed by atoms with Gasteiger partial charge in [0, 0.05) is 11.1 Å². The van der Waals surface area contributed by atoms with Crippen molar-refractivity contribution >= 4 is 118 Å². The van der Waals surface area contributed by atoms with Crippen LogP contribution in [-0.4, -0.2) is 13.9 Å². The lowest BCUT2D eigenvalue weighted by molar-refractivity contribution is -0.0499. The third kappa shape index (κ3) is 8.61. The summed E-state index contributed by atoms with van der Waals surface area (Å²) in [4.78, 5) is 0. The van der Waals surface area contributed by atoms with E-state index in [4.69, 9.17) is 4.18 Å². The molecule has 0 saturated heterocycles. The third-order valence-electron chi connectivity index (χ3n) is 18.9. The molecule has 442 valence electrons. The third-order valence-corrected chi connectivity index (χ3v) is 19.8. The van der Waals surface area contributed by atoms with Crippen LogP contribution in [0.25, 0.3) is 174 Å². The highest BCUT2D eigenvalue weighted by Crippen LogP contribution is 2.58. The maximum absolute atomic E-state index is 13.7. The van der Waals surface area contributed by atoms with Gasteiger partial charge in [0.05, 0.1) is 0 Å². The second-order valence-electron chi connectivity index (χ2n) is 23.9. The molecule has 0 N–H and O–H groups in total. The summed E-state index contributed by atoms with van der Waals surface area (Å²) in [6, 6.07) is 104. The van der Waals surface area contributed by atoms with Crippen molar-refractivity contribution in [2.24, 2.45) is 0 Å². The maximum atomic E-state index is 13.7. The first-order valence-electron chi connectivity index (χ1n) is 31.1. The Morgan fingerprint density at radius 1 is 0.247 bits per heavy atom. The molecule has 0 spiro atoms. The Bertz CT molecular complexity index is 5940. The molecule has 0 aliphatic rings. The summed E-state index contributed by atoms with van der Waals surface area (Å²) >= 11 is 0. The first kappa shape index (κ1) is 55.7. The number of halogens is 3. The number of fused-ring (bicyclic) bond motifs is 14. The highest BCUT2D eigenvalue weighted by atomic mass is 32.2. The highest BCUT2D eigenvalue weighted by Gasteiger charge is 2.49. The summed E-state index contributed by atoms with van der Waals surface area (Å²) in [6.07, 6.45) is 0. The summed E-state index contributed by atoms with van der Waals surface area (Å²) in [5.41, 5.74) is 7.22. The van der Waals surface area contributed by atoms with E-state index >= 15 is 0 Å². The number of para-hydroxylation sites is 1. The highest BCUT2D eigenvalue weighted by molar-refractivity contribution is 7.88. The van der Waals surface area contributed by atoms with Gasteiger partial charge in [-0.2, -0.15) is 21.6 Å². The van der Waals surface area contributed by atoms with Crippen LogP contribution >= 0.6 is 0 Å². The molecule has 3 nitrogen and oxygen atoms in total. The van der Waals surface area contributed by atoms with Crippen molar-refractivity contribution in [2.75, 3.05) is 0 Å². The minimum atomic E-state index is -5.97. The molecule has 7 heteroatoms. The smallest absolute Gasteiger partial charge is 0.375 e. The molecule has 0 saturated carbocycles. The summed E-state index contributed by atoms with van der Waals surface area (Å²) in [7, 11) is -5.97. The molecule has 0 atom stereocenters. The largest absolute Gasteiger partial charge is 0.534 e. The predicted octanol–water partition coefficient (Wildman–Crippen LogP) is 24.3. The second kappa shape index (κ2) is 21.7. The van der Waals surface area contributed by atoms with Gasteiger partial charge in [-0.05, 0) is 182 Å². The Hall–Kier alpha value is -11.4. The van der Waals surface area contributed by atoms with E-state index in [0.717, 1.165) is 71.3 Å². The van der Waals surface area contributed by atoms with E-state index in [0.29, 0.717) is 5.56 Å². The molecule has 93 heavy (non-hydrogen) atoms. The molecule has 0 fully saturated rings. The fourth-order valence-corrected chi connectivity index (χ4v) is 15.7. The lowest BCUT2D eigenvalue weighted by atomic mass is 9.77. The monoisotopic (exact) mass is 1220 g/mol. The van der Waals surface area contributed by atoms with E-state index in [1.54, 1.807) is 12.1 Å². The number of alkyl halides is 3. The van der Waals surface area contributed by atoms with Crippen LogP contribution in [0.4, 0.5) is 13.2 Å². The Balaban J connectivity index is 0.000000144. The lowest BCUT2D eigenvalue weighted by Crippen LogP contribution is -2.28. The predicted molar refractivity (Wildman–Crippen MR) is 383 cm³/mol. The van der Waals surface area contributed by atoms with Gasteiger partial charge in [-0.3, -0.25) is 0 Å². The van der Waals surface area contributed by atoms with Gasteiger partial charge in [0.15, 0.2) is 5.75 Å². The van der Waals surface area contributed by atoms with Crippen molar-refractivity contribution in [1.82, 2.24) is 0 Å². The topological polar surface area (TPSA) is 43.4 Å². The number of benzene rings is 16. The summed E-state index contributed by atoms with van der Waals surface area (Å²) in [6.45, 7) is 2.10. The Morgan fingerprint density at radius 2 is 0.516 bits per heavy atom. The SMILES string of the molecule is Cc1ccccc1-c1c(-c2ccccc2)c2c3ccccc3c(-c3ccccc3OS(=O)(=O)C(F)(F)F)c(-c3ccccc3)c2c2ccccc12.c1ccc(-c2c3c4cccc5c6ccccc6c(c(-c6ccccc6)c3c3cccc6c7ccccc7c2c63)c54)cc1. The van der Waals surface area contributed by atoms with E-state index < -0.39 is 21.4 Å². The molecule has 0 aliphatic heterocycles. The molecule has 0 aliphatic carbocycles. The molecule has 18 aromatic rings. The number of hydrogen-bond donors (Lipinski definition) is 0. The van der Waals surface area contributed by atoms with Crippen molar-refractivity contribution in [1.29, 1.82) is 0 Å². The van der Waals surface area contributed by atoms with Crippen LogP contribution in [0.5, 0.6) is 5.75 Å². The first-order chi connectivity index (χ1) is 45.6. The molecule has 0 unspecified atom stereocenters. The van der Waals surface area contributed by atoms with E-state index in [9.17, 15) is 21.6 Å². The minimum Gasteiger partial charge on any atom is -0.375 e. The number of hydrogen-bond acceptors (Lipinski definition) is 3. The summed E-state index contributed by atoms with van der Waals surface area (Å²) in [5, 5.41) is 24.2. The standard InChI is InChI=1S/C44H29F3O3S.C42H24/c1-28-16-8-9-21-31(28)40-32-22-10-12-24-34(32)43-39(30-19-6-3-7-20-30)41(36-26-14-15-27-37(36)50-51(48,49)44(45,46)47)33-23-11-13-25-35(33)42(43)38(40)29-17-4-2-5-18-29;1-3-13-25(14-4-1)35-39-31-19-9-7-17-27(31)29-21-12-24-34(37(29)39)42-36(26-15-5-2-6-16-26)40-32-20-10-8-18-28(32)30-22-11-23-33(38(30)40)41(35)42/h2-27H,1H3;1-24H. The zero-order valence-corrected chi connectivity index (χ0v) is 51.0. The number of rotatable bonds is 8. The molecular weight excluding hydrogens is 1170 g/mol. The van der Waals surface area contributed by atoms with Gasteiger partial charge in [-0.25, -0.2) is 0 Å². The van der Waals surface area contributed by atoms with E-state index in [-0.39, 0.29) is 5.56 Å². The molecular formula is C86H53F3O3S. The van der Waals surface area contributed by atoms with Crippen molar-refractivity contribution in [2.45, 2.75) is 12.4 Å². The van der Waals surface area contributed by atoms with Crippen LogP contribution < -0.4 is 4.18 Å². The normalized spacial score (nSPS) is 12.2. The van der Waals surface area contributed by atoms with Crippen LogP contribution in [0.15, 0.2) is 303 Å².